The lowest BCUT2D eigenvalue weighted by atomic mass is 10.0. The van der Waals surface area contributed by atoms with E-state index in [0.717, 1.165) is 24.8 Å². The summed E-state index contributed by atoms with van der Waals surface area (Å²) >= 11 is 1.79. The van der Waals surface area contributed by atoms with Crippen molar-refractivity contribution in [3.05, 3.63) is 18.2 Å². The maximum Gasteiger partial charge on any atom is 0.0505 e. The van der Waals surface area contributed by atoms with Crippen LogP contribution in [0.2, 0.25) is 0 Å². The fourth-order valence-corrected chi connectivity index (χ4v) is 4.27. The molecule has 0 saturated carbocycles. The molecule has 2 saturated heterocycles. The van der Waals surface area contributed by atoms with Crippen LogP contribution < -0.4 is 10.6 Å². The van der Waals surface area contributed by atoms with Crippen LogP contribution in [0.25, 0.3) is 0 Å². The zero-order valence-corrected chi connectivity index (χ0v) is 14.6. The van der Waals surface area contributed by atoms with Gasteiger partial charge in [0.05, 0.1) is 5.69 Å². The van der Waals surface area contributed by atoms with Gasteiger partial charge in [-0.15, -0.1) is 11.8 Å². The second-order valence-corrected chi connectivity index (χ2v) is 7.34. The second kappa shape index (κ2) is 7.11. The number of hydrogen-bond acceptors (Lipinski definition) is 5. The molecule has 0 bridgehead atoms. The highest BCUT2D eigenvalue weighted by atomic mass is 32.2. The molecule has 2 heterocycles. The van der Waals surface area contributed by atoms with Crippen molar-refractivity contribution in [1.29, 1.82) is 0 Å². The third kappa shape index (κ3) is 3.53. The molecule has 0 unspecified atom stereocenters. The van der Waals surface area contributed by atoms with Gasteiger partial charge in [-0.05, 0) is 44.3 Å². The summed E-state index contributed by atoms with van der Waals surface area (Å²) < 4.78 is 0. The highest BCUT2D eigenvalue weighted by Gasteiger charge is 2.27. The number of rotatable bonds is 3. The predicted octanol–water partition coefficient (Wildman–Crippen LogP) is 2.21. The van der Waals surface area contributed by atoms with Gasteiger partial charge in [0.25, 0.3) is 0 Å². The number of piperidine rings is 1. The van der Waals surface area contributed by atoms with Gasteiger partial charge in [0.15, 0.2) is 0 Å². The number of benzene rings is 1. The molecule has 2 aliphatic heterocycles. The Kier molecular flexibility index (Phi) is 5.16. The molecule has 0 spiro atoms. The molecule has 0 aliphatic carbocycles. The Morgan fingerprint density at radius 1 is 1.05 bits per heavy atom. The first-order chi connectivity index (χ1) is 10.7. The summed E-state index contributed by atoms with van der Waals surface area (Å²) in [6.45, 7) is 7.23. The molecule has 1 aromatic rings. The van der Waals surface area contributed by atoms with Crippen LogP contribution >= 0.6 is 11.8 Å². The highest BCUT2D eigenvalue weighted by molar-refractivity contribution is 7.98. The first-order valence-corrected chi connectivity index (χ1v) is 9.51. The lowest BCUT2D eigenvalue weighted by Gasteiger charge is -2.42. The SMILES string of the molecule is CSc1cc(N)ccc1N1CCC(N2CCN(C)CC2)CC1. The Balaban J connectivity index is 1.60. The van der Waals surface area contributed by atoms with Crippen LogP contribution in [0.3, 0.4) is 0 Å². The molecule has 0 amide bonds. The average molecular weight is 321 g/mol. The number of thioether (sulfide) groups is 1. The van der Waals surface area contributed by atoms with Crippen LogP contribution in [-0.4, -0.2) is 68.4 Å². The van der Waals surface area contributed by atoms with Crippen LogP contribution in [0.5, 0.6) is 0 Å². The lowest BCUT2D eigenvalue weighted by molar-refractivity contribution is 0.0981. The van der Waals surface area contributed by atoms with Gasteiger partial charge in [0, 0.05) is 55.9 Å². The van der Waals surface area contributed by atoms with E-state index in [1.165, 1.54) is 49.6 Å². The maximum absolute atomic E-state index is 5.92. The van der Waals surface area contributed by atoms with Gasteiger partial charge in [0.2, 0.25) is 0 Å². The van der Waals surface area contributed by atoms with Gasteiger partial charge in [-0.2, -0.15) is 0 Å². The largest absolute Gasteiger partial charge is 0.399 e. The Bertz CT molecular complexity index is 491. The summed E-state index contributed by atoms with van der Waals surface area (Å²) in [5.41, 5.74) is 8.14. The number of likely N-dealkylation sites (N-methyl/N-ethyl adjacent to an activating group) is 1. The standard InChI is InChI=1S/C17H28N4S/c1-19-9-11-20(12-10-19)15-5-7-21(8-6-15)16-4-3-14(18)13-17(16)22-2/h3-4,13,15H,5-12,18H2,1-2H3. The molecule has 0 aromatic heterocycles. The summed E-state index contributed by atoms with van der Waals surface area (Å²) in [4.78, 5) is 8.98. The van der Waals surface area contributed by atoms with Crippen molar-refractivity contribution in [2.75, 3.05) is 63.2 Å². The molecule has 5 heteroatoms. The summed E-state index contributed by atoms with van der Waals surface area (Å²) in [7, 11) is 2.23. The van der Waals surface area contributed by atoms with E-state index in [0.29, 0.717) is 0 Å². The lowest BCUT2D eigenvalue weighted by Crippen LogP contribution is -2.52. The van der Waals surface area contributed by atoms with E-state index in [4.69, 9.17) is 5.73 Å². The van der Waals surface area contributed by atoms with Crippen LogP contribution in [0, 0.1) is 0 Å². The summed E-state index contributed by atoms with van der Waals surface area (Å²) in [5, 5.41) is 0. The van der Waals surface area contributed by atoms with Crippen molar-refractivity contribution in [2.24, 2.45) is 0 Å². The maximum atomic E-state index is 5.92. The minimum atomic E-state index is 0.775. The molecular formula is C17H28N4S. The predicted molar refractivity (Wildman–Crippen MR) is 96.9 cm³/mol. The molecule has 1 aromatic carbocycles. The molecule has 0 radical (unpaired) electrons. The minimum absolute atomic E-state index is 0.775. The number of hydrogen-bond donors (Lipinski definition) is 1. The number of nitrogens with two attached hydrogens (primary N) is 1. The van der Waals surface area contributed by atoms with Crippen molar-refractivity contribution >= 4 is 23.1 Å². The van der Waals surface area contributed by atoms with Gasteiger partial charge in [-0.1, -0.05) is 0 Å². The molecule has 122 valence electrons. The highest BCUT2D eigenvalue weighted by Crippen LogP contribution is 2.33. The molecule has 0 atom stereocenters. The minimum Gasteiger partial charge on any atom is -0.399 e. The average Bonchev–Trinajstić information content (AvgIpc) is 2.56. The topological polar surface area (TPSA) is 35.7 Å². The molecule has 3 rings (SSSR count). The molecule has 2 N–H and O–H groups in total. The van der Waals surface area contributed by atoms with Crippen molar-refractivity contribution < 1.29 is 0 Å². The Hall–Kier alpha value is -0.910. The summed E-state index contributed by atoms with van der Waals surface area (Å²) in [6.07, 6.45) is 4.69. The van der Waals surface area contributed by atoms with Crippen molar-refractivity contribution in [1.82, 2.24) is 9.80 Å². The Morgan fingerprint density at radius 2 is 1.73 bits per heavy atom. The Morgan fingerprint density at radius 3 is 2.36 bits per heavy atom. The first kappa shape index (κ1) is 16.0. The monoisotopic (exact) mass is 320 g/mol. The number of anilines is 2. The summed E-state index contributed by atoms with van der Waals surface area (Å²) in [6, 6.07) is 7.10. The van der Waals surface area contributed by atoms with Crippen LogP contribution in [0.1, 0.15) is 12.8 Å². The van der Waals surface area contributed by atoms with E-state index in [1.54, 1.807) is 11.8 Å². The molecule has 2 fully saturated rings. The van der Waals surface area contributed by atoms with E-state index in [2.05, 4.69) is 40.1 Å². The quantitative estimate of drug-likeness (QED) is 0.682. The zero-order chi connectivity index (χ0) is 15.5. The molecular weight excluding hydrogens is 292 g/mol. The number of nitrogens with zero attached hydrogens (tertiary/aromatic N) is 3. The van der Waals surface area contributed by atoms with Crippen LogP contribution in [0.4, 0.5) is 11.4 Å². The van der Waals surface area contributed by atoms with Crippen molar-refractivity contribution in [2.45, 2.75) is 23.8 Å². The fourth-order valence-electron chi connectivity index (χ4n) is 3.61. The number of piperazine rings is 1. The zero-order valence-electron chi connectivity index (χ0n) is 13.8. The molecule has 22 heavy (non-hydrogen) atoms. The van der Waals surface area contributed by atoms with Gasteiger partial charge >= 0.3 is 0 Å². The Labute approximate surface area is 138 Å². The van der Waals surface area contributed by atoms with Crippen molar-refractivity contribution in [3.63, 3.8) is 0 Å². The van der Waals surface area contributed by atoms with E-state index >= 15 is 0 Å². The van der Waals surface area contributed by atoms with E-state index < -0.39 is 0 Å². The fraction of sp³-hybridized carbons (Fsp3) is 0.647. The second-order valence-electron chi connectivity index (χ2n) is 6.49. The third-order valence-corrected chi connectivity index (χ3v) is 5.83. The normalized spacial score (nSPS) is 22.2. The van der Waals surface area contributed by atoms with Crippen molar-refractivity contribution in [3.8, 4) is 0 Å². The van der Waals surface area contributed by atoms with Gasteiger partial charge < -0.3 is 15.5 Å². The van der Waals surface area contributed by atoms with Gasteiger partial charge in [-0.3, -0.25) is 4.90 Å². The molecule has 4 nitrogen and oxygen atoms in total. The third-order valence-electron chi connectivity index (χ3n) is 5.06. The van der Waals surface area contributed by atoms with E-state index in [-0.39, 0.29) is 0 Å². The van der Waals surface area contributed by atoms with Crippen LogP contribution in [0.15, 0.2) is 23.1 Å². The van der Waals surface area contributed by atoms with E-state index in [1.807, 2.05) is 6.07 Å². The molecule has 2 aliphatic rings. The van der Waals surface area contributed by atoms with Crippen LogP contribution in [-0.2, 0) is 0 Å². The summed E-state index contributed by atoms with van der Waals surface area (Å²) in [5.74, 6) is 0. The van der Waals surface area contributed by atoms with Gasteiger partial charge in [0.1, 0.15) is 0 Å². The van der Waals surface area contributed by atoms with E-state index in [9.17, 15) is 0 Å². The first-order valence-electron chi connectivity index (χ1n) is 8.28. The smallest absolute Gasteiger partial charge is 0.0505 e. The van der Waals surface area contributed by atoms with Gasteiger partial charge in [-0.25, -0.2) is 0 Å². The number of nitrogen functional groups attached to an aromatic ring is 1.